The summed E-state index contributed by atoms with van der Waals surface area (Å²) in [7, 11) is 0. The van der Waals surface area contributed by atoms with Crippen molar-refractivity contribution < 1.29 is 4.52 Å². The summed E-state index contributed by atoms with van der Waals surface area (Å²) in [6.45, 7) is 0. The molecule has 0 amide bonds. The molecule has 1 N–H and O–H groups in total. The molecule has 0 bridgehead atoms. The minimum Gasteiger partial charge on any atom is -0.335 e. The van der Waals surface area contributed by atoms with Gasteiger partial charge >= 0.3 is 6.01 Å². The lowest BCUT2D eigenvalue weighted by atomic mass is 10.3. The van der Waals surface area contributed by atoms with Gasteiger partial charge in [-0.1, -0.05) is 5.16 Å². The quantitative estimate of drug-likeness (QED) is 0.820. The standard InChI is InChI=1S/C10H10N4O/c1-2-8(1)12-10-13-9(14-15-10)7-3-5-11-6-4-7/h3-6,8H,1-2H2,(H,12,13,14). The molecule has 0 atom stereocenters. The summed E-state index contributed by atoms with van der Waals surface area (Å²) < 4.78 is 5.08. The number of nitrogens with one attached hydrogen (secondary N) is 1. The molecule has 1 saturated carbocycles. The first kappa shape index (κ1) is 8.40. The van der Waals surface area contributed by atoms with Crippen LogP contribution in [0.4, 0.5) is 6.01 Å². The molecule has 2 heterocycles. The van der Waals surface area contributed by atoms with Crippen molar-refractivity contribution in [3.63, 3.8) is 0 Å². The van der Waals surface area contributed by atoms with Gasteiger partial charge in [0.15, 0.2) is 0 Å². The first-order chi connectivity index (χ1) is 7.42. The summed E-state index contributed by atoms with van der Waals surface area (Å²) in [5, 5.41) is 7.04. The Morgan fingerprint density at radius 3 is 2.80 bits per heavy atom. The molecular weight excluding hydrogens is 192 g/mol. The van der Waals surface area contributed by atoms with Crippen LogP contribution in [-0.2, 0) is 0 Å². The molecule has 1 aliphatic carbocycles. The van der Waals surface area contributed by atoms with Gasteiger partial charge in [0.1, 0.15) is 0 Å². The van der Waals surface area contributed by atoms with Gasteiger partial charge in [0.2, 0.25) is 5.82 Å². The van der Waals surface area contributed by atoms with E-state index in [9.17, 15) is 0 Å². The Bertz CT molecular complexity index is 449. The van der Waals surface area contributed by atoms with Crippen molar-refractivity contribution in [3.05, 3.63) is 24.5 Å². The van der Waals surface area contributed by atoms with Gasteiger partial charge in [-0.3, -0.25) is 4.98 Å². The molecule has 2 aromatic rings. The largest absolute Gasteiger partial charge is 0.335 e. The highest BCUT2D eigenvalue weighted by Gasteiger charge is 2.23. The second-order valence-electron chi connectivity index (χ2n) is 3.58. The lowest BCUT2D eigenvalue weighted by Crippen LogP contribution is -2.00. The van der Waals surface area contributed by atoms with Gasteiger partial charge in [0.05, 0.1) is 0 Å². The van der Waals surface area contributed by atoms with Gasteiger partial charge in [0.25, 0.3) is 0 Å². The predicted molar refractivity (Wildman–Crippen MR) is 54.2 cm³/mol. The van der Waals surface area contributed by atoms with E-state index in [0.717, 1.165) is 5.56 Å². The number of hydrogen-bond acceptors (Lipinski definition) is 5. The van der Waals surface area contributed by atoms with Crippen LogP contribution in [0, 0.1) is 0 Å². The van der Waals surface area contributed by atoms with Crippen molar-refractivity contribution in [2.75, 3.05) is 5.32 Å². The third-order valence-corrected chi connectivity index (χ3v) is 2.27. The van der Waals surface area contributed by atoms with Crippen LogP contribution in [0.15, 0.2) is 29.0 Å². The first-order valence-electron chi connectivity index (χ1n) is 4.92. The van der Waals surface area contributed by atoms with Crippen LogP contribution in [0.3, 0.4) is 0 Å². The van der Waals surface area contributed by atoms with Gasteiger partial charge in [-0.05, 0) is 25.0 Å². The van der Waals surface area contributed by atoms with Gasteiger partial charge in [-0.2, -0.15) is 4.98 Å². The van der Waals surface area contributed by atoms with Crippen LogP contribution in [0.1, 0.15) is 12.8 Å². The molecule has 76 valence electrons. The summed E-state index contributed by atoms with van der Waals surface area (Å²) in [5.41, 5.74) is 0.914. The lowest BCUT2D eigenvalue weighted by molar-refractivity contribution is 0.432. The van der Waals surface area contributed by atoms with Crippen LogP contribution < -0.4 is 5.32 Å². The second kappa shape index (κ2) is 3.34. The van der Waals surface area contributed by atoms with Crippen LogP contribution in [-0.4, -0.2) is 21.2 Å². The minimum atomic E-state index is 0.504. The third-order valence-electron chi connectivity index (χ3n) is 2.27. The zero-order chi connectivity index (χ0) is 10.1. The highest BCUT2D eigenvalue weighted by Crippen LogP contribution is 2.24. The van der Waals surface area contributed by atoms with E-state index in [4.69, 9.17) is 4.52 Å². The van der Waals surface area contributed by atoms with Crippen molar-refractivity contribution in [1.29, 1.82) is 0 Å². The molecule has 1 fully saturated rings. The second-order valence-corrected chi connectivity index (χ2v) is 3.58. The molecule has 0 radical (unpaired) electrons. The fraction of sp³-hybridized carbons (Fsp3) is 0.300. The topological polar surface area (TPSA) is 63.8 Å². The summed E-state index contributed by atoms with van der Waals surface area (Å²) >= 11 is 0. The molecule has 5 heteroatoms. The molecule has 0 aromatic carbocycles. The van der Waals surface area contributed by atoms with Crippen molar-refractivity contribution >= 4 is 6.01 Å². The zero-order valence-electron chi connectivity index (χ0n) is 8.05. The number of aromatic nitrogens is 3. The van der Waals surface area contributed by atoms with Gasteiger partial charge in [0, 0.05) is 24.0 Å². The van der Waals surface area contributed by atoms with Crippen molar-refractivity contribution in [1.82, 2.24) is 15.1 Å². The average Bonchev–Trinajstić information content (AvgIpc) is 2.96. The van der Waals surface area contributed by atoms with Crippen molar-refractivity contribution in [2.24, 2.45) is 0 Å². The summed E-state index contributed by atoms with van der Waals surface area (Å²) in [6.07, 6.45) is 5.79. The monoisotopic (exact) mass is 202 g/mol. The number of anilines is 1. The normalized spacial score (nSPS) is 15.2. The van der Waals surface area contributed by atoms with Crippen molar-refractivity contribution in [3.8, 4) is 11.4 Å². The van der Waals surface area contributed by atoms with E-state index < -0.39 is 0 Å². The molecule has 15 heavy (non-hydrogen) atoms. The molecule has 0 unspecified atom stereocenters. The molecule has 0 spiro atoms. The van der Waals surface area contributed by atoms with Crippen LogP contribution >= 0.6 is 0 Å². The maximum atomic E-state index is 5.08. The van der Waals surface area contributed by atoms with Crippen LogP contribution in [0.25, 0.3) is 11.4 Å². The SMILES string of the molecule is c1cc(-c2noc(NC3CC3)n2)ccn1. The van der Waals surface area contributed by atoms with E-state index in [1.165, 1.54) is 12.8 Å². The Hall–Kier alpha value is -1.91. The van der Waals surface area contributed by atoms with E-state index in [1.54, 1.807) is 12.4 Å². The molecule has 0 aliphatic heterocycles. The fourth-order valence-corrected chi connectivity index (χ4v) is 1.30. The van der Waals surface area contributed by atoms with E-state index in [2.05, 4.69) is 20.4 Å². The summed E-state index contributed by atoms with van der Waals surface area (Å²) in [5.74, 6) is 0.598. The maximum Gasteiger partial charge on any atom is 0.322 e. The smallest absolute Gasteiger partial charge is 0.322 e. The van der Waals surface area contributed by atoms with E-state index in [-0.39, 0.29) is 0 Å². The number of pyridine rings is 1. The van der Waals surface area contributed by atoms with Gasteiger partial charge < -0.3 is 9.84 Å². The number of hydrogen-bond donors (Lipinski definition) is 1. The maximum absolute atomic E-state index is 5.08. The Kier molecular flexibility index (Phi) is 1.87. The first-order valence-corrected chi connectivity index (χ1v) is 4.92. The summed E-state index contributed by atoms with van der Waals surface area (Å²) in [4.78, 5) is 8.18. The predicted octanol–water partition coefficient (Wildman–Crippen LogP) is 1.71. The van der Waals surface area contributed by atoms with Gasteiger partial charge in [-0.15, -0.1) is 0 Å². The third kappa shape index (κ3) is 1.81. The molecule has 0 saturated heterocycles. The summed E-state index contributed by atoms with van der Waals surface area (Å²) in [6, 6.07) is 4.73. The van der Waals surface area contributed by atoms with Crippen molar-refractivity contribution in [2.45, 2.75) is 18.9 Å². The lowest BCUT2D eigenvalue weighted by Gasteiger charge is -1.93. The molecule has 2 aromatic heterocycles. The molecule has 5 nitrogen and oxygen atoms in total. The Labute approximate surface area is 86.5 Å². The average molecular weight is 202 g/mol. The number of nitrogens with zero attached hydrogens (tertiary/aromatic N) is 3. The zero-order valence-corrected chi connectivity index (χ0v) is 8.05. The molecule has 1 aliphatic rings. The van der Waals surface area contributed by atoms with E-state index in [0.29, 0.717) is 17.9 Å². The minimum absolute atomic E-state index is 0.504. The van der Waals surface area contributed by atoms with E-state index >= 15 is 0 Å². The Balaban J connectivity index is 1.83. The van der Waals surface area contributed by atoms with Crippen LogP contribution in [0.5, 0.6) is 0 Å². The highest BCUT2D eigenvalue weighted by molar-refractivity contribution is 5.54. The number of rotatable bonds is 3. The highest BCUT2D eigenvalue weighted by atomic mass is 16.5. The Morgan fingerprint density at radius 1 is 1.27 bits per heavy atom. The van der Waals surface area contributed by atoms with Crippen LogP contribution in [0.2, 0.25) is 0 Å². The van der Waals surface area contributed by atoms with E-state index in [1.807, 2.05) is 12.1 Å². The molecular formula is C10H10N4O. The Morgan fingerprint density at radius 2 is 2.07 bits per heavy atom. The van der Waals surface area contributed by atoms with Gasteiger partial charge in [-0.25, -0.2) is 0 Å². The molecule has 3 rings (SSSR count). The fourth-order valence-electron chi connectivity index (χ4n) is 1.30.